The minimum Gasteiger partial charge on any atom is -0.491 e. The average Bonchev–Trinajstić information content (AvgIpc) is 2.26. The van der Waals surface area contributed by atoms with Crippen molar-refractivity contribution in [1.29, 1.82) is 0 Å². The van der Waals surface area contributed by atoms with Gasteiger partial charge in [-0.1, -0.05) is 6.07 Å². The van der Waals surface area contributed by atoms with Crippen molar-refractivity contribution < 1.29 is 23.4 Å². The summed E-state index contributed by atoms with van der Waals surface area (Å²) in [5.41, 5.74) is 6.08. The molecule has 3 N–H and O–H groups in total. The molecule has 1 atom stereocenters. The van der Waals surface area contributed by atoms with Gasteiger partial charge in [0, 0.05) is 11.8 Å². The van der Waals surface area contributed by atoms with Crippen LogP contribution in [0, 0.1) is 0 Å². The van der Waals surface area contributed by atoms with Gasteiger partial charge in [0.2, 0.25) is 0 Å². The summed E-state index contributed by atoms with van der Waals surface area (Å²) >= 11 is 0. The summed E-state index contributed by atoms with van der Waals surface area (Å²) < 4.78 is 33.2. The number of halogens is 2. The summed E-state index contributed by atoms with van der Waals surface area (Å²) in [5.74, 6) is 0.512. The van der Waals surface area contributed by atoms with Gasteiger partial charge in [0.25, 0.3) is 6.43 Å². The molecule has 0 radical (unpaired) electrons. The van der Waals surface area contributed by atoms with Crippen LogP contribution in [-0.4, -0.2) is 37.5 Å². The highest BCUT2D eigenvalue weighted by Gasteiger charge is 2.08. The lowest BCUT2D eigenvalue weighted by Crippen LogP contribution is -2.24. The first-order valence-corrected chi connectivity index (χ1v) is 5.10. The number of nitrogens with two attached hydrogens (primary N) is 1. The van der Waals surface area contributed by atoms with Crippen molar-refractivity contribution in [3.63, 3.8) is 0 Å². The number of ether oxygens (including phenoxy) is 2. The first kappa shape index (κ1) is 13.7. The number of hydrogen-bond donors (Lipinski definition) is 2. The van der Waals surface area contributed by atoms with Crippen molar-refractivity contribution in [2.24, 2.45) is 0 Å². The molecule has 0 fully saturated rings. The van der Waals surface area contributed by atoms with Gasteiger partial charge in [0.05, 0.1) is 6.61 Å². The summed E-state index contributed by atoms with van der Waals surface area (Å²) in [5, 5.41) is 9.37. The molecule has 1 aromatic carbocycles. The van der Waals surface area contributed by atoms with E-state index in [9.17, 15) is 13.9 Å². The molecule has 0 aliphatic heterocycles. The molecule has 1 rings (SSSR count). The zero-order valence-corrected chi connectivity index (χ0v) is 9.18. The van der Waals surface area contributed by atoms with Crippen LogP contribution in [0.3, 0.4) is 0 Å². The number of rotatable bonds is 7. The lowest BCUT2D eigenvalue weighted by atomic mass is 10.3. The van der Waals surface area contributed by atoms with Gasteiger partial charge in [0.15, 0.2) is 0 Å². The Morgan fingerprint density at radius 1 is 1.24 bits per heavy atom. The molecule has 0 heterocycles. The maximum Gasteiger partial charge on any atom is 0.261 e. The number of aliphatic hydroxyl groups is 1. The Balaban J connectivity index is 2.21. The Morgan fingerprint density at radius 3 is 2.65 bits per heavy atom. The van der Waals surface area contributed by atoms with Gasteiger partial charge in [-0.2, -0.15) is 0 Å². The highest BCUT2D eigenvalue weighted by molar-refractivity contribution is 5.43. The predicted octanol–water partition coefficient (Wildman–Crippen LogP) is 1.29. The molecule has 0 saturated heterocycles. The van der Waals surface area contributed by atoms with Crippen LogP contribution in [0.4, 0.5) is 14.5 Å². The minimum atomic E-state index is -2.53. The molecular weight excluding hydrogens is 232 g/mol. The van der Waals surface area contributed by atoms with Crippen molar-refractivity contribution in [1.82, 2.24) is 0 Å². The Kier molecular flexibility index (Phi) is 5.65. The van der Waals surface area contributed by atoms with Crippen LogP contribution in [-0.2, 0) is 4.74 Å². The first-order chi connectivity index (χ1) is 8.08. The molecule has 96 valence electrons. The third kappa shape index (κ3) is 6.03. The Bertz CT molecular complexity index is 336. The minimum absolute atomic E-state index is 0.0350. The maximum atomic E-state index is 11.7. The molecule has 1 unspecified atom stereocenters. The number of aliphatic hydroxyl groups excluding tert-OH is 1. The molecule has 0 saturated carbocycles. The summed E-state index contributed by atoms with van der Waals surface area (Å²) in [6.45, 7) is -0.908. The SMILES string of the molecule is Nc1cccc(OCC(O)COCC(F)F)c1. The van der Waals surface area contributed by atoms with Crippen molar-refractivity contribution in [3.8, 4) is 5.75 Å². The third-order valence-corrected chi connectivity index (χ3v) is 1.85. The number of nitrogen functional groups attached to an aromatic ring is 1. The van der Waals surface area contributed by atoms with Crippen LogP contribution in [0.5, 0.6) is 5.75 Å². The zero-order valence-electron chi connectivity index (χ0n) is 9.18. The Labute approximate surface area is 97.9 Å². The van der Waals surface area contributed by atoms with Gasteiger partial charge in [-0.3, -0.25) is 0 Å². The van der Waals surface area contributed by atoms with Crippen molar-refractivity contribution in [2.75, 3.05) is 25.6 Å². The van der Waals surface area contributed by atoms with Crippen LogP contribution in [0.25, 0.3) is 0 Å². The number of alkyl halides is 2. The van der Waals surface area contributed by atoms with Crippen LogP contribution in [0.15, 0.2) is 24.3 Å². The van der Waals surface area contributed by atoms with E-state index in [1.165, 1.54) is 0 Å². The van der Waals surface area contributed by atoms with Crippen LogP contribution < -0.4 is 10.5 Å². The smallest absolute Gasteiger partial charge is 0.261 e. The molecule has 0 amide bonds. The van der Waals surface area contributed by atoms with E-state index in [4.69, 9.17) is 10.5 Å². The van der Waals surface area contributed by atoms with E-state index in [0.717, 1.165) is 0 Å². The fourth-order valence-corrected chi connectivity index (χ4v) is 1.14. The molecule has 17 heavy (non-hydrogen) atoms. The third-order valence-electron chi connectivity index (χ3n) is 1.85. The lowest BCUT2D eigenvalue weighted by molar-refractivity contribution is -0.0306. The van der Waals surface area contributed by atoms with Crippen LogP contribution in [0.1, 0.15) is 0 Å². The number of anilines is 1. The van der Waals surface area contributed by atoms with E-state index >= 15 is 0 Å². The normalized spacial score (nSPS) is 12.7. The number of benzene rings is 1. The second kappa shape index (κ2) is 7.03. The van der Waals surface area contributed by atoms with E-state index < -0.39 is 19.1 Å². The predicted molar refractivity (Wildman–Crippen MR) is 59.2 cm³/mol. The molecule has 6 heteroatoms. The lowest BCUT2D eigenvalue weighted by Gasteiger charge is -2.12. The van der Waals surface area contributed by atoms with E-state index in [1.807, 2.05) is 0 Å². The fraction of sp³-hybridized carbons (Fsp3) is 0.455. The van der Waals surface area contributed by atoms with E-state index in [-0.39, 0.29) is 13.2 Å². The molecule has 0 bridgehead atoms. The van der Waals surface area contributed by atoms with E-state index in [1.54, 1.807) is 24.3 Å². The largest absolute Gasteiger partial charge is 0.491 e. The monoisotopic (exact) mass is 247 g/mol. The van der Waals surface area contributed by atoms with Gasteiger partial charge in [-0.15, -0.1) is 0 Å². The second-order valence-electron chi connectivity index (χ2n) is 3.47. The van der Waals surface area contributed by atoms with E-state index in [0.29, 0.717) is 11.4 Å². The Hall–Kier alpha value is -1.40. The van der Waals surface area contributed by atoms with Crippen molar-refractivity contribution >= 4 is 5.69 Å². The Morgan fingerprint density at radius 2 is 2.00 bits per heavy atom. The standard InChI is InChI=1S/C11H15F2NO3/c12-11(13)7-16-5-9(15)6-17-10-3-1-2-8(14)4-10/h1-4,9,11,15H,5-7,14H2. The summed E-state index contributed by atoms with van der Waals surface area (Å²) in [7, 11) is 0. The molecule has 0 aliphatic carbocycles. The molecular formula is C11H15F2NO3. The summed E-state index contributed by atoms with van der Waals surface area (Å²) in [6, 6.07) is 6.70. The van der Waals surface area contributed by atoms with Crippen molar-refractivity contribution in [3.05, 3.63) is 24.3 Å². The van der Waals surface area contributed by atoms with Gasteiger partial charge in [-0.05, 0) is 12.1 Å². The maximum absolute atomic E-state index is 11.7. The highest BCUT2D eigenvalue weighted by Crippen LogP contribution is 2.14. The molecule has 0 aromatic heterocycles. The van der Waals surface area contributed by atoms with Gasteiger partial charge in [0.1, 0.15) is 25.1 Å². The first-order valence-electron chi connectivity index (χ1n) is 5.10. The summed E-state index contributed by atoms with van der Waals surface area (Å²) in [6.07, 6.45) is -3.48. The summed E-state index contributed by atoms with van der Waals surface area (Å²) in [4.78, 5) is 0. The van der Waals surface area contributed by atoms with Crippen LogP contribution in [0.2, 0.25) is 0 Å². The van der Waals surface area contributed by atoms with Gasteiger partial charge < -0.3 is 20.3 Å². The van der Waals surface area contributed by atoms with Gasteiger partial charge in [-0.25, -0.2) is 8.78 Å². The van der Waals surface area contributed by atoms with Crippen molar-refractivity contribution in [2.45, 2.75) is 12.5 Å². The average molecular weight is 247 g/mol. The second-order valence-corrected chi connectivity index (χ2v) is 3.47. The fourth-order valence-electron chi connectivity index (χ4n) is 1.14. The molecule has 0 spiro atoms. The molecule has 0 aliphatic rings. The topological polar surface area (TPSA) is 64.7 Å². The van der Waals surface area contributed by atoms with Crippen LogP contribution >= 0.6 is 0 Å². The highest BCUT2D eigenvalue weighted by atomic mass is 19.3. The molecule has 1 aromatic rings. The van der Waals surface area contributed by atoms with Gasteiger partial charge >= 0.3 is 0 Å². The quantitative estimate of drug-likeness (QED) is 0.713. The number of hydrogen-bond acceptors (Lipinski definition) is 4. The van der Waals surface area contributed by atoms with E-state index in [2.05, 4.69) is 4.74 Å². The zero-order chi connectivity index (χ0) is 12.7. The molecule has 4 nitrogen and oxygen atoms in total.